The van der Waals surface area contributed by atoms with Crippen LogP contribution in [0.3, 0.4) is 0 Å². The molecule has 2 aromatic carbocycles. The van der Waals surface area contributed by atoms with Gasteiger partial charge in [-0.3, -0.25) is 9.59 Å². The molecule has 0 aliphatic carbocycles. The minimum atomic E-state index is -1.41. The van der Waals surface area contributed by atoms with Crippen molar-refractivity contribution < 1.29 is 28.7 Å². The lowest BCUT2D eigenvalue weighted by atomic mass is 9.96. The Morgan fingerprint density at radius 1 is 1.06 bits per heavy atom. The maximum Gasteiger partial charge on any atom is 0.417 e. The third-order valence-electron chi connectivity index (χ3n) is 5.53. The Bertz CT molecular complexity index is 1040. The van der Waals surface area contributed by atoms with Crippen LogP contribution in [0.25, 0.3) is 0 Å². The Kier molecular flexibility index (Phi) is 8.93. The predicted octanol–water partition coefficient (Wildman–Crippen LogP) is 1.76. The molecule has 2 unspecified atom stereocenters. The van der Waals surface area contributed by atoms with E-state index in [9.17, 15) is 14.4 Å². The van der Waals surface area contributed by atoms with Crippen LogP contribution in [0.15, 0.2) is 65.8 Å². The molecule has 4 atom stereocenters. The normalized spacial score (nSPS) is 17.4. The van der Waals surface area contributed by atoms with E-state index in [1.165, 1.54) is 14.0 Å². The van der Waals surface area contributed by atoms with Gasteiger partial charge in [-0.15, -0.1) is 0 Å². The van der Waals surface area contributed by atoms with Gasteiger partial charge in [-0.25, -0.2) is 9.69 Å². The quantitative estimate of drug-likeness (QED) is 0.550. The number of rotatable bonds is 9. The van der Waals surface area contributed by atoms with E-state index in [4.69, 9.17) is 25.8 Å². The fourth-order valence-corrected chi connectivity index (χ4v) is 3.67. The van der Waals surface area contributed by atoms with Gasteiger partial charge in [-0.05, 0) is 24.5 Å². The van der Waals surface area contributed by atoms with Crippen molar-refractivity contribution in [3.05, 3.63) is 71.8 Å². The van der Waals surface area contributed by atoms with E-state index in [0.717, 1.165) is 10.5 Å². The first-order valence-electron chi connectivity index (χ1n) is 11.2. The Labute approximate surface area is 203 Å². The van der Waals surface area contributed by atoms with Gasteiger partial charge in [0.2, 0.25) is 11.8 Å². The number of methoxy groups -OCH3 is 1. The molecule has 0 fully saturated rings. The molecule has 10 nitrogen and oxygen atoms in total. The third kappa shape index (κ3) is 6.65. The average molecular weight is 483 g/mol. The zero-order valence-corrected chi connectivity index (χ0v) is 19.7. The standard InChI is InChI=1S/C25H30N4O6/c1-16(26)23(30)22(20-14-21(33-2)28-35-20)29(25(32)34-15-18-11-7-4-8-12-18)24(31)19(27)13-17-9-5-3-6-10-17/h3-12,16,19-20,22H,13-15,26-27H2,1-2H3/t16-,19-,20?,22?/m0/s1. The largest absolute Gasteiger partial charge is 0.482 e. The zero-order valence-electron chi connectivity index (χ0n) is 19.7. The summed E-state index contributed by atoms with van der Waals surface area (Å²) in [6.45, 7) is 1.35. The van der Waals surface area contributed by atoms with Crippen molar-refractivity contribution in [2.75, 3.05) is 7.11 Å². The highest BCUT2D eigenvalue weighted by molar-refractivity contribution is 6.02. The molecular formula is C25H30N4O6. The van der Waals surface area contributed by atoms with E-state index in [1.54, 1.807) is 24.3 Å². The SMILES string of the molecule is COC1=NOC(C(C(=O)[C@H](C)N)N(C(=O)OCc2ccccc2)C(=O)[C@@H](N)Cc2ccccc2)C1. The summed E-state index contributed by atoms with van der Waals surface area (Å²) in [5, 5.41) is 3.79. The van der Waals surface area contributed by atoms with Crippen molar-refractivity contribution in [3.63, 3.8) is 0 Å². The number of hydrogen-bond donors (Lipinski definition) is 2. The first-order chi connectivity index (χ1) is 16.8. The summed E-state index contributed by atoms with van der Waals surface area (Å²) in [5.74, 6) is -1.17. The van der Waals surface area contributed by atoms with Crippen molar-refractivity contribution in [1.29, 1.82) is 0 Å². The molecule has 2 amide bonds. The van der Waals surface area contributed by atoms with Crippen LogP contribution in [0.5, 0.6) is 0 Å². The molecule has 1 heterocycles. The summed E-state index contributed by atoms with van der Waals surface area (Å²) in [6, 6.07) is 14.5. The van der Waals surface area contributed by atoms with Gasteiger partial charge in [0, 0.05) is 0 Å². The zero-order chi connectivity index (χ0) is 25.4. The fraction of sp³-hybridized carbons (Fsp3) is 0.360. The summed E-state index contributed by atoms with van der Waals surface area (Å²) in [6.07, 6.45) is -1.83. The number of nitrogens with two attached hydrogens (primary N) is 2. The van der Waals surface area contributed by atoms with Crippen molar-refractivity contribution in [1.82, 2.24) is 4.90 Å². The number of hydrogen-bond acceptors (Lipinski definition) is 9. The van der Waals surface area contributed by atoms with Crippen molar-refractivity contribution in [3.8, 4) is 0 Å². The number of Topliss-reactive ketones (excluding diaryl/α,β-unsaturated/α-hetero) is 1. The highest BCUT2D eigenvalue weighted by Crippen LogP contribution is 2.23. The lowest BCUT2D eigenvalue weighted by Gasteiger charge is -2.33. The second kappa shape index (κ2) is 12.1. The number of oxime groups is 1. The number of carbonyl (C=O) groups excluding carboxylic acids is 3. The van der Waals surface area contributed by atoms with Crippen molar-refractivity contribution in [2.45, 2.75) is 50.6 Å². The van der Waals surface area contributed by atoms with Crippen molar-refractivity contribution >= 4 is 23.7 Å². The minimum Gasteiger partial charge on any atom is -0.482 e. The topological polar surface area (TPSA) is 147 Å². The van der Waals surface area contributed by atoms with E-state index in [1.807, 2.05) is 36.4 Å². The summed E-state index contributed by atoms with van der Waals surface area (Å²) >= 11 is 0. The molecule has 0 radical (unpaired) electrons. The molecule has 3 rings (SSSR count). The van der Waals surface area contributed by atoms with Crippen LogP contribution in [-0.2, 0) is 36.9 Å². The Morgan fingerprint density at radius 3 is 2.20 bits per heavy atom. The van der Waals surface area contributed by atoms with Gasteiger partial charge in [0.1, 0.15) is 12.6 Å². The van der Waals surface area contributed by atoms with Gasteiger partial charge >= 0.3 is 6.09 Å². The van der Waals surface area contributed by atoms with Crippen LogP contribution >= 0.6 is 0 Å². The van der Waals surface area contributed by atoms with Crippen LogP contribution in [0.2, 0.25) is 0 Å². The second-order valence-electron chi connectivity index (χ2n) is 8.22. The molecule has 4 N–H and O–H groups in total. The number of ether oxygens (including phenoxy) is 2. The van der Waals surface area contributed by atoms with Crippen LogP contribution < -0.4 is 11.5 Å². The van der Waals surface area contributed by atoms with Crippen LogP contribution in [0.1, 0.15) is 24.5 Å². The lowest BCUT2D eigenvalue weighted by Crippen LogP contribution is -2.61. The highest BCUT2D eigenvalue weighted by Gasteiger charge is 2.47. The Balaban J connectivity index is 1.91. The molecule has 186 valence electrons. The molecule has 0 saturated carbocycles. The van der Waals surface area contributed by atoms with Gasteiger partial charge in [0.15, 0.2) is 11.9 Å². The Morgan fingerprint density at radius 2 is 1.66 bits per heavy atom. The van der Waals surface area contributed by atoms with Crippen LogP contribution in [0.4, 0.5) is 4.79 Å². The number of carbonyl (C=O) groups is 3. The number of nitrogens with zero attached hydrogens (tertiary/aromatic N) is 2. The van der Waals surface area contributed by atoms with E-state index < -0.39 is 42.0 Å². The first-order valence-corrected chi connectivity index (χ1v) is 11.2. The number of benzene rings is 2. The molecule has 0 saturated heterocycles. The van der Waals surface area contributed by atoms with E-state index in [-0.39, 0.29) is 25.3 Å². The smallest absolute Gasteiger partial charge is 0.417 e. The van der Waals surface area contributed by atoms with Crippen LogP contribution in [0, 0.1) is 0 Å². The average Bonchev–Trinajstić information content (AvgIpc) is 3.35. The fourth-order valence-electron chi connectivity index (χ4n) is 3.67. The van der Waals surface area contributed by atoms with Gasteiger partial charge in [0.25, 0.3) is 0 Å². The van der Waals surface area contributed by atoms with E-state index >= 15 is 0 Å². The number of ketones is 1. The second-order valence-corrected chi connectivity index (χ2v) is 8.22. The third-order valence-corrected chi connectivity index (χ3v) is 5.53. The summed E-state index contributed by atoms with van der Waals surface area (Å²) in [7, 11) is 1.40. The van der Waals surface area contributed by atoms with Gasteiger partial charge in [0.05, 0.1) is 25.6 Å². The molecule has 1 aliphatic heterocycles. The monoisotopic (exact) mass is 482 g/mol. The summed E-state index contributed by atoms with van der Waals surface area (Å²) in [5.41, 5.74) is 13.6. The molecule has 2 aromatic rings. The van der Waals surface area contributed by atoms with Gasteiger partial charge < -0.3 is 25.8 Å². The molecule has 0 spiro atoms. The molecule has 0 bridgehead atoms. The molecular weight excluding hydrogens is 452 g/mol. The lowest BCUT2D eigenvalue weighted by molar-refractivity contribution is -0.144. The summed E-state index contributed by atoms with van der Waals surface area (Å²) in [4.78, 5) is 46.2. The molecule has 35 heavy (non-hydrogen) atoms. The van der Waals surface area contributed by atoms with Gasteiger partial charge in [-0.2, -0.15) is 0 Å². The number of amides is 2. The summed E-state index contributed by atoms with van der Waals surface area (Å²) < 4.78 is 10.5. The molecule has 0 aromatic heterocycles. The minimum absolute atomic E-state index is 0.0588. The predicted molar refractivity (Wildman–Crippen MR) is 128 cm³/mol. The van der Waals surface area contributed by atoms with Crippen molar-refractivity contribution in [2.24, 2.45) is 16.6 Å². The van der Waals surface area contributed by atoms with E-state index in [0.29, 0.717) is 5.56 Å². The maximum absolute atomic E-state index is 13.6. The van der Waals surface area contributed by atoms with Crippen LogP contribution in [-0.4, -0.2) is 59.9 Å². The molecule has 1 aliphatic rings. The highest BCUT2D eigenvalue weighted by atomic mass is 16.7. The Hall–Kier alpha value is -3.76. The number of imide groups is 1. The first kappa shape index (κ1) is 25.9. The molecule has 10 heteroatoms. The van der Waals surface area contributed by atoms with Gasteiger partial charge in [-0.1, -0.05) is 65.8 Å². The maximum atomic E-state index is 13.6. The van der Waals surface area contributed by atoms with E-state index in [2.05, 4.69) is 5.16 Å².